The third-order valence-corrected chi connectivity index (χ3v) is 5.66. The zero-order chi connectivity index (χ0) is 20.2. The van der Waals surface area contributed by atoms with E-state index in [1.165, 1.54) is 17.5 Å². The first kappa shape index (κ1) is 19.8. The summed E-state index contributed by atoms with van der Waals surface area (Å²) in [5.41, 5.74) is 4.77. The topological polar surface area (TPSA) is 59.6 Å². The van der Waals surface area contributed by atoms with Crippen LogP contribution in [0, 0.1) is 5.92 Å². The molecule has 1 atom stereocenters. The molecule has 0 saturated carbocycles. The number of carbonyl (C=O) groups is 1. The zero-order valence-electron chi connectivity index (χ0n) is 17.3. The van der Waals surface area contributed by atoms with Gasteiger partial charge >= 0.3 is 0 Å². The molecule has 0 radical (unpaired) electrons. The average molecular weight is 395 g/mol. The Morgan fingerprint density at radius 2 is 1.76 bits per heavy atom. The number of fused-ring (bicyclic) bond motifs is 2. The molecule has 29 heavy (non-hydrogen) atoms. The number of amides is 1. The molecule has 2 aliphatic rings. The highest BCUT2D eigenvalue weighted by Gasteiger charge is 2.20. The van der Waals surface area contributed by atoms with Crippen molar-refractivity contribution in [3.63, 3.8) is 0 Å². The number of benzene rings is 2. The lowest BCUT2D eigenvalue weighted by molar-refractivity contribution is -0.115. The van der Waals surface area contributed by atoms with Gasteiger partial charge in [0, 0.05) is 18.2 Å². The summed E-state index contributed by atoms with van der Waals surface area (Å²) in [4.78, 5) is 12.5. The monoisotopic (exact) mass is 394 g/mol. The lowest BCUT2D eigenvalue weighted by Crippen LogP contribution is -2.33. The first-order valence-electron chi connectivity index (χ1n) is 10.6. The van der Waals surface area contributed by atoms with Crippen molar-refractivity contribution >= 4 is 11.6 Å². The Kier molecular flexibility index (Phi) is 6.05. The summed E-state index contributed by atoms with van der Waals surface area (Å²) < 4.78 is 11.6. The third-order valence-electron chi connectivity index (χ3n) is 5.66. The highest BCUT2D eigenvalue weighted by atomic mass is 16.5. The highest BCUT2D eigenvalue weighted by molar-refractivity contribution is 5.92. The summed E-state index contributed by atoms with van der Waals surface area (Å²) in [6.45, 7) is 5.91. The Labute approximate surface area is 172 Å². The van der Waals surface area contributed by atoms with Crippen LogP contribution in [0.1, 0.15) is 49.4 Å². The van der Waals surface area contributed by atoms with Crippen molar-refractivity contribution in [2.24, 2.45) is 5.92 Å². The zero-order valence-corrected chi connectivity index (χ0v) is 17.3. The van der Waals surface area contributed by atoms with Crippen molar-refractivity contribution < 1.29 is 14.3 Å². The maximum atomic E-state index is 12.5. The van der Waals surface area contributed by atoms with Crippen molar-refractivity contribution in [1.82, 2.24) is 5.32 Å². The molecule has 1 aliphatic heterocycles. The number of ether oxygens (including phenoxy) is 2. The molecule has 5 heteroatoms. The molecule has 2 aromatic rings. The summed E-state index contributed by atoms with van der Waals surface area (Å²) in [6, 6.07) is 12.4. The van der Waals surface area contributed by atoms with E-state index in [0.29, 0.717) is 19.1 Å². The van der Waals surface area contributed by atoms with Crippen LogP contribution in [0.3, 0.4) is 0 Å². The van der Waals surface area contributed by atoms with Crippen LogP contribution in [0.5, 0.6) is 11.5 Å². The van der Waals surface area contributed by atoms with Crippen molar-refractivity contribution in [2.75, 3.05) is 25.1 Å². The fourth-order valence-electron chi connectivity index (χ4n) is 4.17. The fraction of sp³-hybridized carbons (Fsp3) is 0.458. The maximum absolute atomic E-state index is 12.5. The van der Waals surface area contributed by atoms with Gasteiger partial charge in [-0.1, -0.05) is 26.0 Å². The van der Waals surface area contributed by atoms with Crippen LogP contribution in [0.25, 0.3) is 0 Å². The smallest absolute Gasteiger partial charge is 0.238 e. The van der Waals surface area contributed by atoms with Gasteiger partial charge in [-0.05, 0) is 66.1 Å². The van der Waals surface area contributed by atoms with E-state index in [-0.39, 0.29) is 18.5 Å². The molecular formula is C24H30N2O3. The van der Waals surface area contributed by atoms with Crippen molar-refractivity contribution in [3.05, 3.63) is 53.1 Å². The van der Waals surface area contributed by atoms with Crippen molar-refractivity contribution in [1.29, 1.82) is 0 Å². The Morgan fingerprint density at radius 1 is 0.966 bits per heavy atom. The van der Waals surface area contributed by atoms with E-state index in [2.05, 4.69) is 42.7 Å². The van der Waals surface area contributed by atoms with E-state index in [9.17, 15) is 4.79 Å². The SMILES string of the molecule is CC(C)C(NCC(=O)Nc1ccc2c(c1)CCC2)c1ccc2c(c1)OCCCO2. The van der Waals surface area contributed by atoms with Gasteiger partial charge < -0.3 is 20.1 Å². The molecule has 5 nitrogen and oxygen atoms in total. The summed E-state index contributed by atoms with van der Waals surface area (Å²) >= 11 is 0. The Morgan fingerprint density at radius 3 is 2.59 bits per heavy atom. The first-order chi connectivity index (χ1) is 14.1. The Balaban J connectivity index is 1.39. The highest BCUT2D eigenvalue weighted by Crippen LogP contribution is 2.34. The minimum absolute atomic E-state index is 0.0251. The lowest BCUT2D eigenvalue weighted by Gasteiger charge is -2.24. The van der Waals surface area contributed by atoms with Crippen LogP contribution >= 0.6 is 0 Å². The van der Waals surface area contributed by atoms with Gasteiger partial charge in [-0.2, -0.15) is 0 Å². The van der Waals surface area contributed by atoms with Gasteiger partial charge in [0.2, 0.25) is 5.91 Å². The van der Waals surface area contributed by atoms with Crippen LogP contribution < -0.4 is 20.1 Å². The molecule has 1 aliphatic carbocycles. The molecule has 1 amide bonds. The molecule has 4 rings (SSSR count). The molecule has 2 aromatic carbocycles. The molecule has 0 aromatic heterocycles. The van der Waals surface area contributed by atoms with Gasteiger partial charge in [0.15, 0.2) is 11.5 Å². The van der Waals surface area contributed by atoms with E-state index in [4.69, 9.17) is 9.47 Å². The van der Waals surface area contributed by atoms with E-state index < -0.39 is 0 Å². The molecule has 0 saturated heterocycles. The molecule has 0 bridgehead atoms. The average Bonchev–Trinajstić information content (AvgIpc) is 3.04. The van der Waals surface area contributed by atoms with Gasteiger partial charge in [-0.25, -0.2) is 0 Å². The van der Waals surface area contributed by atoms with Gasteiger partial charge in [0.25, 0.3) is 0 Å². The molecule has 154 valence electrons. The van der Waals surface area contributed by atoms with Gasteiger partial charge in [-0.15, -0.1) is 0 Å². The number of nitrogens with one attached hydrogen (secondary N) is 2. The van der Waals surface area contributed by atoms with Crippen LogP contribution in [-0.2, 0) is 17.6 Å². The second kappa shape index (κ2) is 8.87. The predicted octanol–water partition coefficient (Wildman–Crippen LogP) is 4.26. The molecule has 1 heterocycles. The summed E-state index contributed by atoms with van der Waals surface area (Å²) in [5.74, 6) is 1.88. The molecule has 0 fully saturated rings. The van der Waals surface area contributed by atoms with E-state index >= 15 is 0 Å². The molecular weight excluding hydrogens is 364 g/mol. The minimum Gasteiger partial charge on any atom is -0.490 e. The normalized spacial score (nSPS) is 16.2. The van der Waals surface area contributed by atoms with Gasteiger partial charge in [0.1, 0.15) is 0 Å². The fourth-order valence-corrected chi connectivity index (χ4v) is 4.17. The lowest BCUT2D eigenvalue weighted by atomic mass is 9.95. The number of hydrogen-bond donors (Lipinski definition) is 2. The first-order valence-corrected chi connectivity index (χ1v) is 10.6. The quantitative estimate of drug-likeness (QED) is 0.769. The Bertz CT molecular complexity index is 878. The number of aryl methyl sites for hydroxylation is 2. The van der Waals surface area contributed by atoms with E-state index in [1.807, 2.05) is 18.2 Å². The van der Waals surface area contributed by atoms with Crippen LogP contribution in [-0.4, -0.2) is 25.7 Å². The van der Waals surface area contributed by atoms with Crippen LogP contribution in [0.4, 0.5) is 5.69 Å². The molecule has 0 spiro atoms. The number of rotatable bonds is 6. The number of carbonyl (C=O) groups excluding carboxylic acids is 1. The largest absolute Gasteiger partial charge is 0.490 e. The van der Waals surface area contributed by atoms with Crippen molar-refractivity contribution in [2.45, 2.75) is 45.6 Å². The predicted molar refractivity (Wildman–Crippen MR) is 115 cm³/mol. The van der Waals surface area contributed by atoms with Crippen molar-refractivity contribution in [3.8, 4) is 11.5 Å². The third kappa shape index (κ3) is 4.73. The molecule has 1 unspecified atom stereocenters. The summed E-state index contributed by atoms with van der Waals surface area (Å²) in [7, 11) is 0. The van der Waals surface area contributed by atoms with Gasteiger partial charge in [-0.3, -0.25) is 4.79 Å². The second-order valence-electron chi connectivity index (χ2n) is 8.24. The second-order valence-corrected chi connectivity index (χ2v) is 8.24. The minimum atomic E-state index is -0.0251. The van der Waals surface area contributed by atoms with E-state index in [0.717, 1.165) is 42.0 Å². The summed E-state index contributed by atoms with van der Waals surface area (Å²) in [5, 5.41) is 6.45. The number of anilines is 1. The summed E-state index contributed by atoms with van der Waals surface area (Å²) in [6.07, 6.45) is 4.35. The van der Waals surface area contributed by atoms with Gasteiger partial charge in [0.05, 0.1) is 19.8 Å². The van der Waals surface area contributed by atoms with Crippen LogP contribution in [0.15, 0.2) is 36.4 Å². The molecule has 2 N–H and O–H groups in total. The van der Waals surface area contributed by atoms with E-state index in [1.54, 1.807) is 0 Å². The maximum Gasteiger partial charge on any atom is 0.238 e. The Hall–Kier alpha value is -2.53. The van der Waals surface area contributed by atoms with Crippen LogP contribution in [0.2, 0.25) is 0 Å². The number of hydrogen-bond acceptors (Lipinski definition) is 4. The standard InChI is InChI=1S/C24H30N2O3/c1-16(2)24(19-8-10-21-22(14-19)29-12-4-11-28-21)25-15-23(27)26-20-9-7-17-5-3-6-18(17)13-20/h7-10,13-14,16,24-25H,3-6,11-12,15H2,1-2H3,(H,26,27).